The maximum Gasteiger partial charge on any atom is 0.175 e. The Hall–Kier alpha value is -1.38. The molecule has 0 heterocycles. The van der Waals surface area contributed by atoms with Crippen molar-refractivity contribution in [3.05, 3.63) is 29.6 Å². The van der Waals surface area contributed by atoms with Crippen molar-refractivity contribution in [2.45, 2.75) is 51.9 Å². The molecule has 0 amide bonds. The van der Waals surface area contributed by atoms with E-state index in [1.165, 1.54) is 26.4 Å². The predicted octanol–water partition coefficient (Wildman–Crippen LogP) is 5.01. The minimum atomic E-state index is -0.516. The van der Waals surface area contributed by atoms with E-state index < -0.39 is 5.82 Å². The van der Waals surface area contributed by atoms with Gasteiger partial charge in [-0.2, -0.15) is 0 Å². The van der Waals surface area contributed by atoms with Crippen LogP contribution in [0.1, 0.15) is 62.2 Å². The Labute approximate surface area is 126 Å². The molecule has 1 aromatic rings. The highest BCUT2D eigenvalue weighted by Crippen LogP contribution is 2.34. The number of ketones is 1. The van der Waals surface area contributed by atoms with E-state index in [1.54, 1.807) is 18.2 Å². The Morgan fingerprint density at radius 3 is 2.62 bits per heavy atom. The molecule has 1 aliphatic carbocycles. The van der Waals surface area contributed by atoms with Gasteiger partial charge in [0.25, 0.3) is 0 Å². The number of rotatable bonds is 6. The Bertz CT molecular complexity index is 476. The fourth-order valence-corrected chi connectivity index (χ4v) is 3.28. The maximum atomic E-state index is 14.2. The minimum Gasteiger partial charge on any atom is -0.494 e. The summed E-state index contributed by atoms with van der Waals surface area (Å²) in [7, 11) is 1.42. The number of hydrogen-bond acceptors (Lipinski definition) is 2. The van der Waals surface area contributed by atoms with E-state index in [9.17, 15) is 9.18 Å². The number of carbonyl (C=O) groups is 1. The summed E-state index contributed by atoms with van der Waals surface area (Å²) in [6.07, 6.45) is 7.75. The SMILES string of the molecule is CCCCC1CCC(C(=O)c2cccc(OC)c2F)CC1. The molecule has 0 atom stereocenters. The van der Waals surface area contributed by atoms with Crippen molar-refractivity contribution in [2.75, 3.05) is 7.11 Å². The van der Waals surface area contributed by atoms with E-state index in [0.29, 0.717) is 0 Å². The lowest BCUT2D eigenvalue weighted by molar-refractivity contribution is 0.0864. The third-order valence-electron chi connectivity index (χ3n) is 4.63. The Kier molecular flexibility index (Phi) is 5.77. The number of ether oxygens (including phenoxy) is 1. The Balaban J connectivity index is 1.99. The average molecular weight is 292 g/mol. The molecule has 0 N–H and O–H groups in total. The maximum absolute atomic E-state index is 14.2. The second kappa shape index (κ2) is 7.58. The molecule has 0 radical (unpaired) electrons. The molecule has 1 aromatic carbocycles. The molecule has 3 heteroatoms. The van der Waals surface area contributed by atoms with Gasteiger partial charge in [0.05, 0.1) is 12.7 Å². The van der Waals surface area contributed by atoms with Crippen molar-refractivity contribution >= 4 is 5.78 Å². The number of unbranched alkanes of at least 4 members (excludes halogenated alkanes) is 1. The number of halogens is 1. The van der Waals surface area contributed by atoms with Gasteiger partial charge in [-0.25, -0.2) is 4.39 Å². The minimum absolute atomic E-state index is 0.0236. The molecule has 0 bridgehead atoms. The molecule has 116 valence electrons. The van der Waals surface area contributed by atoms with Gasteiger partial charge in [-0.05, 0) is 43.7 Å². The molecule has 0 aromatic heterocycles. The van der Waals surface area contributed by atoms with Crippen molar-refractivity contribution in [3.8, 4) is 5.75 Å². The van der Waals surface area contributed by atoms with Gasteiger partial charge in [0, 0.05) is 5.92 Å². The number of benzene rings is 1. The van der Waals surface area contributed by atoms with Crippen LogP contribution < -0.4 is 4.74 Å². The highest BCUT2D eigenvalue weighted by molar-refractivity contribution is 5.98. The van der Waals surface area contributed by atoms with Gasteiger partial charge in [0.15, 0.2) is 17.3 Å². The van der Waals surface area contributed by atoms with Crippen molar-refractivity contribution < 1.29 is 13.9 Å². The van der Waals surface area contributed by atoms with Crippen LogP contribution in [0.4, 0.5) is 4.39 Å². The van der Waals surface area contributed by atoms with E-state index in [2.05, 4.69) is 6.92 Å². The van der Waals surface area contributed by atoms with Crippen LogP contribution in [-0.4, -0.2) is 12.9 Å². The summed E-state index contributed by atoms with van der Waals surface area (Å²) < 4.78 is 19.1. The second-order valence-electron chi connectivity index (χ2n) is 6.05. The molecule has 1 aliphatic rings. The molecule has 1 saturated carbocycles. The highest BCUT2D eigenvalue weighted by Gasteiger charge is 2.28. The normalized spacial score (nSPS) is 22.0. The first-order valence-corrected chi connectivity index (χ1v) is 8.04. The number of Topliss-reactive ketones (excluding diaryl/α,β-unsaturated/α-hetero) is 1. The molecule has 0 aliphatic heterocycles. The van der Waals surface area contributed by atoms with Crippen molar-refractivity contribution in [3.63, 3.8) is 0 Å². The standard InChI is InChI=1S/C18H25FO2/c1-3-4-6-13-9-11-14(12-10-13)18(20)15-7-5-8-16(21-2)17(15)19/h5,7-8,13-14H,3-4,6,9-12H2,1-2H3. The quantitative estimate of drug-likeness (QED) is 0.689. The van der Waals surface area contributed by atoms with E-state index in [4.69, 9.17) is 4.74 Å². The molecular weight excluding hydrogens is 267 g/mol. The van der Waals surface area contributed by atoms with Gasteiger partial charge >= 0.3 is 0 Å². The van der Waals surface area contributed by atoms with Crippen LogP contribution in [-0.2, 0) is 0 Å². The molecule has 2 nitrogen and oxygen atoms in total. The van der Waals surface area contributed by atoms with Gasteiger partial charge in [0.1, 0.15) is 0 Å². The molecule has 1 fully saturated rings. The summed E-state index contributed by atoms with van der Waals surface area (Å²) in [4.78, 5) is 12.5. The number of hydrogen-bond donors (Lipinski definition) is 0. The van der Waals surface area contributed by atoms with Gasteiger partial charge in [-0.3, -0.25) is 4.79 Å². The molecule has 21 heavy (non-hydrogen) atoms. The van der Waals surface area contributed by atoms with Gasteiger partial charge in [0.2, 0.25) is 0 Å². The van der Waals surface area contributed by atoms with Gasteiger partial charge in [-0.1, -0.05) is 32.3 Å². The lowest BCUT2D eigenvalue weighted by Crippen LogP contribution is -2.23. The van der Waals surface area contributed by atoms with E-state index in [0.717, 1.165) is 31.6 Å². The third kappa shape index (κ3) is 3.84. The fourth-order valence-electron chi connectivity index (χ4n) is 3.28. The lowest BCUT2D eigenvalue weighted by Gasteiger charge is -2.27. The smallest absolute Gasteiger partial charge is 0.175 e. The van der Waals surface area contributed by atoms with Crippen molar-refractivity contribution in [1.29, 1.82) is 0 Å². The lowest BCUT2D eigenvalue weighted by atomic mass is 9.77. The van der Waals surface area contributed by atoms with Gasteiger partial charge in [-0.15, -0.1) is 0 Å². The second-order valence-corrected chi connectivity index (χ2v) is 6.05. The van der Waals surface area contributed by atoms with Crippen LogP contribution in [0.5, 0.6) is 5.75 Å². The van der Waals surface area contributed by atoms with Crippen LogP contribution in [0.2, 0.25) is 0 Å². The highest BCUT2D eigenvalue weighted by atomic mass is 19.1. The monoisotopic (exact) mass is 292 g/mol. The first-order chi connectivity index (χ1) is 10.2. The summed E-state index contributed by atoms with van der Waals surface area (Å²) in [5, 5.41) is 0. The first-order valence-electron chi connectivity index (χ1n) is 8.04. The summed E-state index contributed by atoms with van der Waals surface area (Å²) in [6, 6.07) is 4.80. The van der Waals surface area contributed by atoms with Crippen molar-refractivity contribution in [1.82, 2.24) is 0 Å². The van der Waals surface area contributed by atoms with E-state index in [-0.39, 0.29) is 23.0 Å². The first kappa shape index (κ1) is 16.0. The molecular formula is C18H25FO2. The summed E-state index contributed by atoms with van der Waals surface area (Å²) in [5.41, 5.74) is 0.186. The zero-order valence-corrected chi connectivity index (χ0v) is 13.0. The summed E-state index contributed by atoms with van der Waals surface area (Å²) in [6.45, 7) is 2.21. The topological polar surface area (TPSA) is 26.3 Å². The third-order valence-corrected chi connectivity index (χ3v) is 4.63. The molecule has 0 unspecified atom stereocenters. The number of carbonyl (C=O) groups excluding carboxylic acids is 1. The van der Waals surface area contributed by atoms with Crippen LogP contribution in [0.3, 0.4) is 0 Å². The average Bonchev–Trinajstić information content (AvgIpc) is 2.53. The zero-order chi connectivity index (χ0) is 15.2. The predicted molar refractivity (Wildman–Crippen MR) is 82.3 cm³/mol. The zero-order valence-electron chi connectivity index (χ0n) is 13.0. The molecule has 0 spiro atoms. The van der Waals surface area contributed by atoms with Crippen LogP contribution >= 0.6 is 0 Å². The van der Waals surface area contributed by atoms with E-state index in [1.807, 2.05) is 0 Å². The summed E-state index contributed by atoms with van der Waals surface area (Å²) >= 11 is 0. The Morgan fingerprint density at radius 1 is 1.29 bits per heavy atom. The van der Waals surface area contributed by atoms with Gasteiger partial charge < -0.3 is 4.74 Å². The molecule has 2 rings (SSSR count). The fraction of sp³-hybridized carbons (Fsp3) is 0.611. The van der Waals surface area contributed by atoms with Crippen LogP contribution in [0.25, 0.3) is 0 Å². The summed E-state index contributed by atoms with van der Waals surface area (Å²) in [5.74, 6) is 0.310. The van der Waals surface area contributed by atoms with Crippen LogP contribution in [0, 0.1) is 17.7 Å². The van der Waals surface area contributed by atoms with Crippen molar-refractivity contribution in [2.24, 2.45) is 11.8 Å². The number of methoxy groups -OCH3 is 1. The van der Waals surface area contributed by atoms with E-state index >= 15 is 0 Å². The largest absolute Gasteiger partial charge is 0.494 e. The molecule has 0 saturated heterocycles. The Morgan fingerprint density at radius 2 is 2.00 bits per heavy atom. The van der Waals surface area contributed by atoms with Crippen LogP contribution in [0.15, 0.2) is 18.2 Å².